The molecule has 0 saturated heterocycles. The van der Waals surface area contributed by atoms with Crippen LogP contribution >= 0.6 is 0 Å². The molecule has 0 atom stereocenters. The Morgan fingerprint density at radius 2 is 2.33 bits per heavy atom. The van der Waals surface area contributed by atoms with E-state index in [-0.39, 0.29) is 0 Å². The molecular weight excluding hydrogens is 188 g/mol. The molecular formula is C12H18N2O. The quantitative estimate of drug-likeness (QED) is 0.724. The Kier molecular flexibility index (Phi) is 5.48. The van der Waals surface area contributed by atoms with E-state index in [2.05, 4.69) is 17.2 Å². The maximum absolute atomic E-state index is 5.39. The van der Waals surface area contributed by atoms with Crippen molar-refractivity contribution in [2.75, 3.05) is 13.2 Å². The molecule has 3 heteroatoms. The van der Waals surface area contributed by atoms with Gasteiger partial charge in [-0.15, -0.1) is 0 Å². The van der Waals surface area contributed by atoms with Gasteiger partial charge in [0.05, 0.1) is 0 Å². The lowest BCUT2D eigenvalue weighted by Crippen LogP contribution is -2.11. The summed E-state index contributed by atoms with van der Waals surface area (Å²) in [7, 11) is 0. The van der Waals surface area contributed by atoms with Crippen molar-refractivity contribution in [1.29, 1.82) is 0 Å². The second-order valence-corrected chi connectivity index (χ2v) is 3.17. The van der Waals surface area contributed by atoms with Crippen LogP contribution in [-0.2, 0) is 6.54 Å². The Morgan fingerprint density at radius 1 is 1.47 bits per heavy atom. The molecule has 1 aromatic rings. The van der Waals surface area contributed by atoms with Gasteiger partial charge in [-0.25, -0.2) is 4.98 Å². The number of nitrogens with one attached hydrogen (secondary N) is 1. The van der Waals surface area contributed by atoms with Crippen LogP contribution in [0.1, 0.15) is 19.4 Å². The fourth-order valence-electron chi connectivity index (χ4n) is 1.10. The smallest absolute Gasteiger partial charge is 0.213 e. The minimum atomic E-state index is 0.579. The van der Waals surface area contributed by atoms with Crippen molar-refractivity contribution in [3.05, 3.63) is 36.0 Å². The molecule has 1 heterocycles. The predicted octanol–water partition coefficient (Wildman–Crippen LogP) is 2.15. The van der Waals surface area contributed by atoms with Crippen molar-refractivity contribution >= 4 is 0 Å². The van der Waals surface area contributed by atoms with E-state index >= 15 is 0 Å². The average Bonchev–Trinajstić information content (AvgIpc) is 2.28. The molecule has 0 amide bonds. The first-order valence-electron chi connectivity index (χ1n) is 5.26. The van der Waals surface area contributed by atoms with E-state index in [1.807, 2.05) is 37.4 Å². The average molecular weight is 206 g/mol. The van der Waals surface area contributed by atoms with Crippen LogP contribution in [0.5, 0.6) is 5.88 Å². The SMILES string of the molecule is CC=CCOc1ccc(CNCC)cn1. The van der Waals surface area contributed by atoms with E-state index in [4.69, 9.17) is 4.74 Å². The Labute approximate surface area is 91.2 Å². The summed E-state index contributed by atoms with van der Waals surface area (Å²) in [6.45, 7) is 6.46. The molecule has 82 valence electrons. The fourth-order valence-corrected chi connectivity index (χ4v) is 1.10. The summed E-state index contributed by atoms with van der Waals surface area (Å²) in [4.78, 5) is 4.21. The second kappa shape index (κ2) is 7.01. The van der Waals surface area contributed by atoms with Crippen molar-refractivity contribution in [3.8, 4) is 5.88 Å². The monoisotopic (exact) mass is 206 g/mol. The molecule has 0 unspecified atom stereocenters. The van der Waals surface area contributed by atoms with Crippen LogP contribution in [0.15, 0.2) is 30.5 Å². The highest BCUT2D eigenvalue weighted by Gasteiger charge is 1.95. The fraction of sp³-hybridized carbons (Fsp3) is 0.417. The van der Waals surface area contributed by atoms with Gasteiger partial charge in [0, 0.05) is 18.8 Å². The molecule has 0 aliphatic carbocycles. The normalized spacial score (nSPS) is 10.8. The Morgan fingerprint density at radius 3 is 2.93 bits per heavy atom. The summed E-state index contributed by atoms with van der Waals surface area (Å²) in [5.74, 6) is 0.674. The van der Waals surface area contributed by atoms with E-state index in [1.165, 1.54) is 5.56 Å². The molecule has 15 heavy (non-hydrogen) atoms. The van der Waals surface area contributed by atoms with Crippen LogP contribution < -0.4 is 10.1 Å². The number of hydrogen-bond acceptors (Lipinski definition) is 3. The number of rotatable bonds is 6. The lowest BCUT2D eigenvalue weighted by Gasteiger charge is -2.04. The molecule has 1 rings (SSSR count). The van der Waals surface area contributed by atoms with Crippen LogP contribution in [0, 0.1) is 0 Å². The summed E-state index contributed by atoms with van der Waals surface area (Å²) >= 11 is 0. The highest BCUT2D eigenvalue weighted by Crippen LogP contribution is 2.07. The molecule has 3 nitrogen and oxygen atoms in total. The van der Waals surface area contributed by atoms with Crippen LogP contribution in [0.2, 0.25) is 0 Å². The Bertz CT molecular complexity index is 293. The van der Waals surface area contributed by atoms with Gasteiger partial charge in [0.25, 0.3) is 0 Å². The maximum atomic E-state index is 5.39. The Balaban J connectivity index is 2.41. The van der Waals surface area contributed by atoms with Crippen molar-refractivity contribution in [3.63, 3.8) is 0 Å². The third-order valence-corrected chi connectivity index (χ3v) is 1.94. The summed E-state index contributed by atoms with van der Waals surface area (Å²) < 4.78 is 5.39. The summed E-state index contributed by atoms with van der Waals surface area (Å²) in [5, 5.41) is 3.24. The number of pyridine rings is 1. The zero-order valence-corrected chi connectivity index (χ0v) is 9.36. The van der Waals surface area contributed by atoms with E-state index in [0.29, 0.717) is 12.5 Å². The first kappa shape index (κ1) is 11.7. The molecule has 0 aliphatic rings. The third-order valence-electron chi connectivity index (χ3n) is 1.94. The van der Waals surface area contributed by atoms with Gasteiger partial charge in [-0.1, -0.05) is 25.1 Å². The largest absolute Gasteiger partial charge is 0.473 e. The molecule has 1 N–H and O–H groups in total. The van der Waals surface area contributed by atoms with Gasteiger partial charge in [-0.2, -0.15) is 0 Å². The third kappa shape index (κ3) is 4.61. The van der Waals surface area contributed by atoms with Gasteiger partial charge in [-0.3, -0.25) is 0 Å². The van der Waals surface area contributed by atoms with Gasteiger partial charge in [0.2, 0.25) is 5.88 Å². The standard InChI is InChI=1S/C12H18N2O/c1-3-5-8-15-12-7-6-11(10-14-12)9-13-4-2/h3,5-7,10,13H,4,8-9H2,1-2H3. The van der Waals surface area contributed by atoms with Gasteiger partial charge < -0.3 is 10.1 Å². The number of nitrogens with zero attached hydrogens (tertiary/aromatic N) is 1. The second-order valence-electron chi connectivity index (χ2n) is 3.17. The van der Waals surface area contributed by atoms with Gasteiger partial charge in [0.1, 0.15) is 6.61 Å². The van der Waals surface area contributed by atoms with Gasteiger partial charge >= 0.3 is 0 Å². The topological polar surface area (TPSA) is 34.1 Å². The molecule has 0 radical (unpaired) electrons. The summed E-state index contributed by atoms with van der Waals surface area (Å²) in [5.41, 5.74) is 1.18. The number of allylic oxidation sites excluding steroid dienone is 1. The van der Waals surface area contributed by atoms with Crippen molar-refractivity contribution in [1.82, 2.24) is 10.3 Å². The molecule has 0 spiro atoms. The molecule has 0 bridgehead atoms. The van der Waals surface area contributed by atoms with Crippen LogP contribution in [0.25, 0.3) is 0 Å². The van der Waals surface area contributed by atoms with Crippen LogP contribution in [-0.4, -0.2) is 18.1 Å². The van der Waals surface area contributed by atoms with E-state index < -0.39 is 0 Å². The Hall–Kier alpha value is -1.35. The minimum absolute atomic E-state index is 0.579. The molecule has 0 aliphatic heterocycles. The van der Waals surface area contributed by atoms with E-state index in [9.17, 15) is 0 Å². The first-order chi connectivity index (χ1) is 7.36. The molecule has 0 aromatic carbocycles. The lowest BCUT2D eigenvalue weighted by molar-refractivity contribution is 0.348. The van der Waals surface area contributed by atoms with Crippen LogP contribution in [0.4, 0.5) is 0 Å². The molecule has 0 saturated carbocycles. The number of aromatic nitrogens is 1. The highest BCUT2D eigenvalue weighted by atomic mass is 16.5. The predicted molar refractivity (Wildman–Crippen MR) is 61.9 cm³/mol. The lowest BCUT2D eigenvalue weighted by atomic mass is 10.3. The number of hydrogen-bond donors (Lipinski definition) is 1. The van der Waals surface area contributed by atoms with Crippen molar-refractivity contribution < 1.29 is 4.74 Å². The minimum Gasteiger partial charge on any atom is -0.473 e. The van der Waals surface area contributed by atoms with Gasteiger partial charge in [-0.05, 0) is 19.0 Å². The van der Waals surface area contributed by atoms with Crippen LogP contribution in [0.3, 0.4) is 0 Å². The first-order valence-corrected chi connectivity index (χ1v) is 5.26. The van der Waals surface area contributed by atoms with E-state index in [1.54, 1.807) is 0 Å². The zero-order valence-electron chi connectivity index (χ0n) is 9.36. The summed E-state index contributed by atoms with van der Waals surface area (Å²) in [6.07, 6.45) is 5.75. The van der Waals surface area contributed by atoms with Gasteiger partial charge in [0.15, 0.2) is 0 Å². The van der Waals surface area contributed by atoms with E-state index in [0.717, 1.165) is 13.1 Å². The molecule has 0 fully saturated rings. The zero-order chi connectivity index (χ0) is 10.9. The van der Waals surface area contributed by atoms with Crippen molar-refractivity contribution in [2.45, 2.75) is 20.4 Å². The van der Waals surface area contributed by atoms with Crippen molar-refractivity contribution in [2.24, 2.45) is 0 Å². The molecule has 1 aromatic heterocycles. The highest BCUT2D eigenvalue weighted by molar-refractivity contribution is 5.17. The summed E-state index contributed by atoms with van der Waals surface area (Å²) in [6, 6.07) is 3.93. The maximum Gasteiger partial charge on any atom is 0.213 e. The number of ether oxygens (including phenoxy) is 1.